The van der Waals surface area contributed by atoms with Gasteiger partial charge >= 0.3 is 5.69 Å². The number of para-hydroxylation sites is 1. The van der Waals surface area contributed by atoms with Crippen LogP contribution in [0.2, 0.25) is 0 Å². The highest BCUT2D eigenvalue weighted by Crippen LogP contribution is 2.35. The normalized spacial score (nSPS) is 12.8. The van der Waals surface area contributed by atoms with E-state index in [4.69, 9.17) is 0 Å². The molecule has 1 atom stereocenters. The molecule has 0 aromatic heterocycles. The van der Waals surface area contributed by atoms with Gasteiger partial charge in [-0.15, -0.1) is 0 Å². The largest absolute Gasteiger partial charge is 0.379 e. The van der Waals surface area contributed by atoms with E-state index in [9.17, 15) is 10.1 Å². The van der Waals surface area contributed by atoms with Crippen molar-refractivity contribution >= 4 is 17.1 Å². The molecule has 2 N–H and O–H groups in total. The van der Waals surface area contributed by atoms with E-state index in [1.807, 2.05) is 19.9 Å². The van der Waals surface area contributed by atoms with Gasteiger partial charge in [0, 0.05) is 12.6 Å². The molecule has 0 saturated heterocycles. The zero-order valence-electron chi connectivity index (χ0n) is 13.0. The Morgan fingerprint density at radius 2 is 1.90 bits per heavy atom. The number of nitro groups is 1. The van der Waals surface area contributed by atoms with Crippen LogP contribution >= 0.6 is 0 Å². The fourth-order valence-corrected chi connectivity index (χ4v) is 1.71. The van der Waals surface area contributed by atoms with E-state index in [0.29, 0.717) is 11.4 Å². The SMILES string of the molecule is CCCNc1cccc(NC(C)C(C)(C)C)c1[N+](=O)[O-]. The van der Waals surface area contributed by atoms with Gasteiger partial charge < -0.3 is 10.6 Å². The third kappa shape index (κ3) is 4.11. The molecule has 0 aliphatic rings. The lowest BCUT2D eigenvalue weighted by atomic mass is 9.88. The lowest BCUT2D eigenvalue weighted by molar-refractivity contribution is -0.383. The van der Waals surface area contributed by atoms with Gasteiger partial charge in [0.15, 0.2) is 0 Å². The number of nitro benzene ring substituents is 1. The Morgan fingerprint density at radius 3 is 2.40 bits per heavy atom. The molecule has 0 spiro atoms. The monoisotopic (exact) mass is 279 g/mol. The molecule has 0 saturated carbocycles. The molecule has 0 amide bonds. The summed E-state index contributed by atoms with van der Waals surface area (Å²) in [4.78, 5) is 11.0. The van der Waals surface area contributed by atoms with Crippen LogP contribution in [0, 0.1) is 15.5 Å². The maximum atomic E-state index is 11.4. The molecule has 5 nitrogen and oxygen atoms in total. The van der Waals surface area contributed by atoms with E-state index >= 15 is 0 Å². The fourth-order valence-electron chi connectivity index (χ4n) is 1.71. The highest BCUT2D eigenvalue weighted by atomic mass is 16.6. The number of nitrogens with zero attached hydrogens (tertiary/aromatic N) is 1. The Balaban J connectivity index is 3.09. The predicted molar refractivity (Wildman–Crippen MR) is 84.4 cm³/mol. The Hall–Kier alpha value is -1.78. The quantitative estimate of drug-likeness (QED) is 0.603. The summed E-state index contributed by atoms with van der Waals surface area (Å²) in [5.74, 6) is 0. The van der Waals surface area contributed by atoms with Gasteiger partial charge in [-0.2, -0.15) is 0 Å². The second-order valence-electron chi connectivity index (χ2n) is 6.12. The van der Waals surface area contributed by atoms with Crippen molar-refractivity contribution in [3.63, 3.8) is 0 Å². The third-order valence-electron chi connectivity index (χ3n) is 3.46. The average Bonchev–Trinajstić information content (AvgIpc) is 2.34. The van der Waals surface area contributed by atoms with Crippen molar-refractivity contribution < 1.29 is 4.92 Å². The van der Waals surface area contributed by atoms with Gasteiger partial charge in [-0.05, 0) is 30.9 Å². The lowest BCUT2D eigenvalue weighted by Gasteiger charge is -2.29. The summed E-state index contributed by atoms with van der Waals surface area (Å²) in [6.07, 6.45) is 0.924. The first-order valence-corrected chi connectivity index (χ1v) is 7.05. The molecule has 0 aliphatic heterocycles. The average molecular weight is 279 g/mol. The van der Waals surface area contributed by atoms with Crippen LogP contribution in [0.1, 0.15) is 41.0 Å². The molecular formula is C15H25N3O2. The number of nitrogens with one attached hydrogen (secondary N) is 2. The summed E-state index contributed by atoms with van der Waals surface area (Å²) < 4.78 is 0. The van der Waals surface area contributed by atoms with Gasteiger partial charge in [-0.1, -0.05) is 33.8 Å². The van der Waals surface area contributed by atoms with E-state index in [-0.39, 0.29) is 22.1 Å². The summed E-state index contributed by atoms with van der Waals surface area (Å²) in [6, 6.07) is 5.48. The zero-order chi connectivity index (χ0) is 15.3. The minimum atomic E-state index is -0.324. The minimum Gasteiger partial charge on any atom is -0.379 e. The van der Waals surface area contributed by atoms with E-state index in [1.165, 1.54) is 0 Å². The Bertz CT molecular complexity index is 467. The summed E-state index contributed by atoms with van der Waals surface area (Å²) in [5, 5.41) is 17.7. The van der Waals surface area contributed by atoms with E-state index in [1.54, 1.807) is 12.1 Å². The summed E-state index contributed by atoms with van der Waals surface area (Å²) in [6.45, 7) is 11.1. The van der Waals surface area contributed by atoms with Crippen molar-refractivity contribution in [2.75, 3.05) is 17.2 Å². The minimum absolute atomic E-state index is 0.0285. The van der Waals surface area contributed by atoms with Gasteiger partial charge in [0.2, 0.25) is 0 Å². The molecular weight excluding hydrogens is 254 g/mol. The maximum absolute atomic E-state index is 11.4. The number of anilines is 2. The first-order valence-electron chi connectivity index (χ1n) is 7.05. The Morgan fingerprint density at radius 1 is 1.30 bits per heavy atom. The van der Waals surface area contributed by atoms with Crippen LogP contribution in [-0.4, -0.2) is 17.5 Å². The molecule has 5 heteroatoms. The summed E-state index contributed by atoms with van der Waals surface area (Å²) in [7, 11) is 0. The Kier molecular flexibility index (Phi) is 5.36. The molecule has 1 aromatic carbocycles. The van der Waals surface area contributed by atoms with Crippen molar-refractivity contribution in [1.29, 1.82) is 0 Å². The zero-order valence-corrected chi connectivity index (χ0v) is 13.0. The highest BCUT2D eigenvalue weighted by molar-refractivity contribution is 5.76. The van der Waals surface area contributed by atoms with Crippen molar-refractivity contribution in [2.24, 2.45) is 5.41 Å². The van der Waals surface area contributed by atoms with Gasteiger partial charge in [0.25, 0.3) is 0 Å². The number of rotatable bonds is 6. The maximum Gasteiger partial charge on any atom is 0.315 e. The number of benzene rings is 1. The van der Waals surface area contributed by atoms with Crippen molar-refractivity contribution in [2.45, 2.75) is 47.1 Å². The van der Waals surface area contributed by atoms with Crippen molar-refractivity contribution in [1.82, 2.24) is 0 Å². The molecule has 0 aliphatic carbocycles. The summed E-state index contributed by atoms with van der Waals surface area (Å²) >= 11 is 0. The van der Waals surface area contributed by atoms with Crippen LogP contribution in [0.5, 0.6) is 0 Å². The first-order chi connectivity index (χ1) is 9.27. The number of hydrogen-bond acceptors (Lipinski definition) is 4. The second kappa shape index (κ2) is 6.59. The van der Waals surface area contributed by atoms with Gasteiger partial charge in [-0.3, -0.25) is 10.1 Å². The smallest absolute Gasteiger partial charge is 0.315 e. The molecule has 112 valence electrons. The molecule has 0 bridgehead atoms. The number of hydrogen-bond donors (Lipinski definition) is 2. The van der Waals surface area contributed by atoms with E-state index < -0.39 is 0 Å². The molecule has 20 heavy (non-hydrogen) atoms. The lowest BCUT2D eigenvalue weighted by Crippen LogP contribution is -2.31. The highest BCUT2D eigenvalue weighted by Gasteiger charge is 2.25. The molecule has 0 heterocycles. The van der Waals surface area contributed by atoms with E-state index in [0.717, 1.165) is 13.0 Å². The second-order valence-corrected chi connectivity index (χ2v) is 6.12. The standard InChI is InChI=1S/C15H25N3O2/c1-6-10-16-12-8-7-9-13(14(12)18(19)20)17-11(2)15(3,4)5/h7-9,11,16-17H,6,10H2,1-5H3. The van der Waals surface area contributed by atoms with Gasteiger partial charge in [0.05, 0.1) is 4.92 Å². The van der Waals surface area contributed by atoms with Crippen molar-refractivity contribution in [3.8, 4) is 0 Å². The van der Waals surface area contributed by atoms with E-state index in [2.05, 4.69) is 31.4 Å². The summed E-state index contributed by atoms with van der Waals surface area (Å²) in [5.41, 5.74) is 1.29. The Labute approximate surface area is 120 Å². The van der Waals surface area contributed by atoms with Crippen LogP contribution in [0.15, 0.2) is 18.2 Å². The topological polar surface area (TPSA) is 67.2 Å². The van der Waals surface area contributed by atoms with Crippen LogP contribution in [0.3, 0.4) is 0 Å². The van der Waals surface area contributed by atoms with Gasteiger partial charge in [0.1, 0.15) is 11.4 Å². The van der Waals surface area contributed by atoms with Crippen LogP contribution in [-0.2, 0) is 0 Å². The molecule has 0 radical (unpaired) electrons. The predicted octanol–water partition coefficient (Wildman–Crippen LogP) is 4.26. The van der Waals surface area contributed by atoms with Crippen LogP contribution in [0.25, 0.3) is 0 Å². The van der Waals surface area contributed by atoms with Crippen LogP contribution < -0.4 is 10.6 Å². The molecule has 1 unspecified atom stereocenters. The van der Waals surface area contributed by atoms with Gasteiger partial charge in [-0.25, -0.2) is 0 Å². The third-order valence-corrected chi connectivity index (χ3v) is 3.46. The molecule has 0 fully saturated rings. The van der Waals surface area contributed by atoms with Crippen molar-refractivity contribution in [3.05, 3.63) is 28.3 Å². The molecule has 1 rings (SSSR count). The van der Waals surface area contributed by atoms with Crippen LogP contribution in [0.4, 0.5) is 17.1 Å². The molecule has 1 aromatic rings. The fraction of sp³-hybridized carbons (Fsp3) is 0.600. The first kappa shape index (κ1) is 16.3.